The van der Waals surface area contributed by atoms with E-state index < -0.39 is 15.9 Å². The predicted octanol–water partition coefficient (Wildman–Crippen LogP) is 3.58. The maximum absolute atomic E-state index is 12.7. The quantitative estimate of drug-likeness (QED) is 0.375. The highest BCUT2D eigenvalue weighted by atomic mass is 35.5. The van der Waals surface area contributed by atoms with Crippen molar-refractivity contribution in [1.29, 1.82) is 0 Å². The molecule has 1 amide bonds. The summed E-state index contributed by atoms with van der Waals surface area (Å²) in [5, 5.41) is 9.83. The van der Waals surface area contributed by atoms with Crippen LogP contribution in [0.3, 0.4) is 0 Å². The summed E-state index contributed by atoms with van der Waals surface area (Å²) in [7, 11) is -3.50. The van der Waals surface area contributed by atoms with Crippen molar-refractivity contribution in [3.05, 3.63) is 76.1 Å². The van der Waals surface area contributed by atoms with Crippen molar-refractivity contribution < 1.29 is 17.9 Å². The third-order valence-electron chi connectivity index (χ3n) is 4.11. The average molecular weight is 505 g/mol. The molecular weight excluding hydrogens is 488 g/mol. The smallest absolute Gasteiger partial charge is 0.258 e. The summed E-state index contributed by atoms with van der Waals surface area (Å²) in [5.41, 5.74) is 0.798. The molecule has 3 aromatic heterocycles. The van der Waals surface area contributed by atoms with Crippen LogP contribution in [0.5, 0.6) is 5.75 Å². The van der Waals surface area contributed by atoms with E-state index in [2.05, 4.69) is 25.1 Å². The van der Waals surface area contributed by atoms with Gasteiger partial charge in [-0.2, -0.15) is 5.10 Å². The van der Waals surface area contributed by atoms with Crippen LogP contribution in [0.25, 0.3) is 5.82 Å². The number of ether oxygens (including phenoxy) is 1. The van der Waals surface area contributed by atoms with Gasteiger partial charge in [0, 0.05) is 34.7 Å². The molecule has 0 radical (unpaired) electrons. The lowest BCUT2D eigenvalue weighted by atomic mass is 10.2. The number of halogens is 1. The molecule has 170 valence electrons. The lowest BCUT2D eigenvalue weighted by Gasteiger charge is -2.09. The SMILES string of the molecule is CS(=O)(=O)Nc1cc(Cl)cc(NC(=O)c2cnn(-c3ncccc3OCc3nccs3)c2)c1. The Hall–Kier alpha value is -3.48. The van der Waals surface area contributed by atoms with Crippen molar-refractivity contribution in [3.63, 3.8) is 0 Å². The average Bonchev–Trinajstić information content (AvgIpc) is 3.43. The lowest BCUT2D eigenvalue weighted by molar-refractivity contribution is 0.102. The van der Waals surface area contributed by atoms with E-state index in [1.807, 2.05) is 5.38 Å². The molecule has 0 spiro atoms. The summed E-state index contributed by atoms with van der Waals surface area (Å²) in [5.74, 6) is 0.430. The number of carbonyl (C=O) groups excluding carboxylic acids is 1. The van der Waals surface area contributed by atoms with Gasteiger partial charge in [-0.1, -0.05) is 11.6 Å². The van der Waals surface area contributed by atoms with Gasteiger partial charge >= 0.3 is 0 Å². The standard InChI is InChI=1S/C20H17ClN6O4S2/c1-33(29,30)26-16-8-14(21)7-15(9-16)25-20(28)13-10-24-27(11-13)19-17(3-2-4-23-19)31-12-18-22-5-6-32-18/h2-11,26H,12H2,1H3,(H,25,28). The molecular formula is C20H17ClN6O4S2. The van der Waals surface area contributed by atoms with E-state index in [-0.39, 0.29) is 22.9 Å². The molecule has 0 fully saturated rings. The number of thiazole rings is 1. The molecule has 0 aliphatic carbocycles. The van der Waals surface area contributed by atoms with Crippen molar-refractivity contribution in [1.82, 2.24) is 19.7 Å². The first-order chi connectivity index (χ1) is 15.8. The number of pyridine rings is 1. The predicted molar refractivity (Wildman–Crippen MR) is 126 cm³/mol. The molecule has 0 atom stereocenters. The zero-order valence-corrected chi connectivity index (χ0v) is 19.5. The summed E-state index contributed by atoms with van der Waals surface area (Å²) in [6, 6.07) is 7.88. The van der Waals surface area contributed by atoms with Gasteiger partial charge in [0.1, 0.15) is 11.6 Å². The second kappa shape index (κ2) is 9.57. The van der Waals surface area contributed by atoms with Crippen LogP contribution in [-0.4, -0.2) is 40.3 Å². The molecule has 0 aliphatic heterocycles. The van der Waals surface area contributed by atoms with Crippen LogP contribution in [-0.2, 0) is 16.6 Å². The summed E-state index contributed by atoms with van der Waals surface area (Å²) in [6.07, 6.45) is 7.21. The Morgan fingerprint density at radius 2 is 2.03 bits per heavy atom. The number of benzene rings is 1. The third-order valence-corrected chi connectivity index (χ3v) is 5.68. The largest absolute Gasteiger partial charge is 0.482 e. The zero-order valence-electron chi connectivity index (χ0n) is 17.1. The number of amides is 1. The van der Waals surface area contributed by atoms with Crippen molar-refractivity contribution in [2.24, 2.45) is 0 Å². The molecule has 0 saturated carbocycles. The van der Waals surface area contributed by atoms with Gasteiger partial charge in [0.25, 0.3) is 5.91 Å². The van der Waals surface area contributed by atoms with Crippen LogP contribution in [0.4, 0.5) is 11.4 Å². The minimum Gasteiger partial charge on any atom is -0.482 e. The van der Waals surface area contributed by atoms with Gasteiger partial charge in [0.2, 0.25) is 10.0 Å². The van der Waals surface area contributed by atoms with Gasteiger partial charge in [-0.15, -0.1) is 11.3 Å². The molecule has 2 N–H and O–H groups in total. The fraction of sp³-hybridized carbons (Fsp3) is 0.100. The molecule has 33 heavy (non-hydrogen) atoms. The second-order valence-electron chi connectivity index (χ2n) is 6.77. The summed E-state index contributed by atoms with van der Waals surface area (Å²) >= 11 is 7.53. The number of nitrogens with one attached hydrogen (secondary N) is 2. The van der Waals surface area contributed by atoms with Crippen LogP contribution in [0.15, 0.2) is 60.5 Å². The summed E-state index contributed by atoms with van der Waals surface area (Å²) in [4.78, 5) is 21.2. The first kappa shape index (κ1) is 22.7. The van der Waals surface area contributed by atoms with Crippen molar-refractivity contribution in [2.45, 2.75) is 6.61 Å². The van der Waals surface area contributed by atoms with E-state index in [1.54, 1.807) is 24.5 Å². The number of hydrogen-bond donors (Lipinski definition) is 2. The van der Waals surface area contributed by atoms with E-state index in [0.29, 0.717) is 17.3 Å². The first-order valence-corrected chi connectivity index (χ1v) is 12.5. The Bertz CT molecular complexity index is 1390. The van der Waals surface area contributed by atoms with E-state index in [4.69, 9.17) is 16.3 Å². The van der Waals surface area contributed by atoms with Crippen LogP contribution in [0.2, 0.25) is 5.02 Å². The topological polar surface area (TPSA) is 128 Å². The highest BCUT2D eigenvalue weighted by Gasteiger charge is 2.15. The van der Waals surface area contributed by atoms with Crippen molar-refractivity contribution in [2.75, 3.05) is 16.3 Å². The van der Waals surface area contributed by atoms with Crippen LogP contribution in [0.1, 0.15) is 15.4 Å². The molecule has 0 aliphatic rings. The molecule has 13 heteroatoms. The Morgan fingerprint density at radius 3 is 2.79 bits per heavy atom. The minimum absolute atomic E-state index is 0.228. The number of sulfonamides is 1. The molecule has 4 rings (SSSR count). The highest BCUT2D eigenvalue weighted by molar-refractivity contribution is 7.92. The summed E-state index contributed by atoms with van der Waals surface area (Å²) in [6.45, 7) is 0.281. The normalized spacial score (nSPS) is 11.2. The number of anilines is 2. The zero-order chi connectivity index (χ0) is 23.4. The van der Waals surface area contributed by atoms with Crippen molar-refractivity contribution in [3.8, 4) is 11.6 Å². The van der Waals surface area contributed by atoms with E-state index in [1.165, 1.54) is 46.6 Å². The van der Waals surface area contributed by atoms with Gasteiger partial charge in [0.15, 0.2) is 11.6 Å². The Balaban J connectivity index is 1.51. The van der Waals surface area contributed by atoms with Crippen LogP contribution in [0, 0.1) is 0 Å². The molecule has 0 saturated heterocycles. The Kier molecular flexibility index (Phi) is 6.58. The molecule has 0 bridgehead atoms. The van der Waals surface area contributed by atoms with Gasteiger partial charge in [-0.05, 0) is 30.3 Å². The second-order valence-corrected chi connectivity index (χ2v) is 9.93. The number of hydrogen-bond acceptors (Lipinski definition) is 8. The van der Waals surface area contributed by atoms with Gasteiger partial charge in [0.05, 0.1) is 23.7 Å². The Labute approximate surface area is 198 Å². The van der Waals surface area contributed by atoms with Gasteiger partial charge in [-0.3, -0.25) is 9.52 Å². The van der Waals surface area contributed by atoms with Crippen LogP contribution < -0.4 is 14.8 Å². The van der Waals surface area contributed by atoms with Gasteiger partial charge in [-0.25, -0.2) is 23.1 Å². The lowest BCUT2D eigenvalue weighted by Crippen LogP contribution is -2.13. The van der Waals surface area contributed by atoms with Gasteiger partial charge < -0.3 is 10.1 Å². The maximum Gasteiger partial charge on any atom is 0.258 e. The van der Waals surface area contributed by atoms with Crippen LogP contribution >= 0.6 is 22.9 Å². The molecule has 3 heterocycles. The first-order valence-electron chi connectivity index (χ1n) is 9.38. The molecule has 1 aromatic carbocycles. The number of carbonyl (C=O) groups is 1. The highest BCUT2D eigenvalue weighted by Crippen LogP contribution is 2.25. The fourth-order valence-electron chi connectivity index (χ4n) is 2.82. The van der Waals surface area contributed by atoms with E-state index >= 15 is 0 Å². The molecule has 10 nitrogen and oxygen atoms in total. The Morgan fingerprint density at radius 1 is 1.21 bits per heavy atom. The molecule has 4 aromatic rings. The number of nitrogens with zero attached hydrogens (tertiary/aromatic N) is 4. The fourth-order valence-corrected chi connectivity index (χ4v) is 4.13. The third kappa shape index (κ3) is 6.06. The monoisotopic (exact) mass is 504 g/mol. The van der Waals surface area contributed by atoms with E-state index in [9.17, 15) is 13.2 Å². The molecule has 0 unspecified atom stereocenters. The van der Waals surface area contributed by atoms with E-state index in [0.717, 1.165) is 11.3 Å². The number of rotatable bonds is 8. The summed E-state index contributed by atoms with van der Waals surface area (Å²) < 4.78 is 32.5. The minimum atomic E-state index is -3.50. The maximum atomic E-state index is 12.7. The van der Waals surface area contributed by atoms with Crippen molar-refractivity contribution >= 4 is 50.2 Å². The number of aromatic nitrogens is 4.